The van der Waals surface area contributed by atoms with Crippen molar-refractivity contribution in [2.45, 2.75) is 13.1 Å². The fourth-order valence-electron chi connectivity index (χ4n) is 2.44. The van der Waals surface area contributed by atoms with Crippen LogP contribution in [0, 0.1) is 6.92 Å². The molecule has 0 saturated carbocycles. The number of likely N-dealkylation sites (N-methyl/N-ethyl adjacent to an activating group) is 1. The molecule has 0 unspecified atom stereocenters. The summed E-state index contributed by atoms with van der Waals surface area (Å²) >= 11 is 0. The van der Waals surface area contributed by atoms with Gasteiger partial charge in [0, 0.05) is 31.9 Å². The number of anilines is 1. The summed E-state index contributed by atoms with van der Waals surface area (Å²) in [5.41, 5.74) is -0.445. The standard InChI is InChI=1S/C15H21F3N4O/c1-11-8-12(15(16,17)18)9-13(19-11)22-7-6-21(14(23)10-22)5-4-20(2)3/h8-9H,4-7,10H2,1-3H3. The number of halogens is 3. The minimum absolute atomic E-state index is 0.0567. The highest BCUT2D eigenvalue weighted by Crippen LogP contribution is 2.31. The van der Waals surface area contributed by atoms with Crippen LogP contribution in [0.15, 0.2) is 12.1 Å². The average molecular weight is 330 g/mol. The number of pyridine rings is 1. The third-order valence-corrected chi connectivity index (χ3v) is 3.73. The second-order valence-electron chi connectivity index (χ2n) is 5.96. The molecule has 0 N–H and O–H groups in total. The summed E-state index contributed by atoms with van der Waals surface area (Å²) in [5.74, 6) is 0.118. The first-order valence-electron chi connectivity index (χ1n) is 7.40. The summed E-state index contributed by atoms with van der Waals surface area (Å²) < 4.78 is 38.7. The van der Waals surface area contributed by atoms with Gasteiger partial charge in [0.05, 0.1) is 12.1 Å². The predicted molar refractivity (Wildman–Crippen MR) is 81.3 cm³/mol. The van der Waals surface area contributed by atoms with E-state index in [1.807, 2.05) is 19.0 Å². The summed E-state index contributed by atoms with van der Waals surface area (Å²) in [4.78, 5) is 21.6. The van der Waals surface area contributed by atoms with Crippen molar-refractivity contribution < 1.29 is 18.0 Å². The second-order valence-corrected chi connectivity index (χ2v) is 5.96. The molecule has 0 atom stereocenters. The number of nitrogens with zero attached hydrogens (tertiary/aromatic N) is 4. The summed E-state index contributed by atoms with van der Waals surface area (Å²) in [5, 5.41) is 0. The Morgan fingerprint density at radius 1 is 1.26 bits per heavy atom. The zero-order chi connectivity index (χ0) is 17.2. The number of hydrogen-bond donors (Lipinski definition) is 0. The first-order chi connectivity index (χ1) is 10.7. The van der Waals surface area contributed by atoms with Crippen molar-refractivity contribution in [3.05, 3.63) is 23.4 Å². The Kier molecular flexibility index (Phi) is 5.13. The van der Waals surface area contributed by atoms with E-state index in [-0.39, 0.29) is 24.0 Å². The van der Waals surface area contributed by atoms with E-state index in [0.717, 1.165) is 18.7 Å². The van der Waals surface area contributed by atoms with E-state index in [2.05, 4.69) is 4.98 Å². The van der Waals surface area contributed by atoms with E-state index in [0.29, 0.717) is 19.6 Å². The van der Waals surface area contributed by atoms with Gasteiger partial charge in [-0.1, -0.05) is 0 Å². The molecule has 8 heteroatoms. The SMILES string of the molecule is Cc1cc(C(F)(F)F)cc(N2CCN(CCN(C)C)C(=O)C2)n1. The summed E-state index contributed by atoms with van der Waals surface area (Å²) in [6.45, 7) is 3.92. The van der Waals surface area contributed by atoms with Gasteiger partial charge in [-0.15, -0.1) is 0 Å². The zero-order valence-electron chi connectivity index (χ0n) is 13.5. The molecule has 0 aliphatic carbocycles. The molecular formula is C15H21F3N4O. The number of aryl methyl sites for hydroxylation is 1. The molecule has 2 heterocycles. The highest BCUT2D eigenvalue weighted by atomic mass is 19.4. The fourth-order valence-corrected chi connectivity index (χ4v) is 2.44. The van der Waals surface area contributed by atoms with E-state index >= 15 is 0 Å². The Morgan fingerprint density at radius 2 is 1.96 bits per heavy atom. The number of amides is 1. The minimum Gasteiger partial charge on any atom is -0.346 e. The average Bonchev–Trinajstić information content (AvgIpc) is 2.44. The van der Waals surface area contributed by atoms with Crippen molar-refractivity contribution in [3.8, 4) is 0 Å². The molecule has 128 valence electrons. The molecule has 1 aromatic heterocycles. The summed E-state index contributed by atoms with van der Waals surface area (Å²) in [6.07, 6.45) is -4.42. The van der Waals surface area contributed by atoms with Crippen molar-refractivity contribution in [1.82, 2.24) is 14.8 Å². The maximum Gasteiger partial charge on any atom is 0.416 e. The van der Waals surface area contributed by atoms with E-state index in [9.17, 15) is 18.0 Å². The van der Waals surface area contributed by atoms with Crippen molar-refractivity contribution in [2.24, 2.45) is 0 Å². The van der Waals surface area contributed by atoms with Gasteiger partial charge in [0.25, 0.3) is 0 Å². The van der Waals surface area contributed by atoms with Crippen LogP contribution in [-0.2, 0) is 11.0 Å². The number of rotatable bonds is 4. The molecule has 0 radical (unpaired) electrons. The van der Waals surface area contributed by atoms with Crippen LogP contribution in [0.4, 0.5) is 19.0 Å². The van der Waals surface area contributed by atoms with Crippen LogP contribution in [0.1, 0.15) is 11.3 Å². The zero-order valence-corrected chi connectivity index (χ0v) is 13.5. The first-order valence-corrected chi connectivity index (χ1v) is 7.40. The number of alkyl halides is 3. The lowest BCUT2D eigenvalue weighted by Crippen LogP contribution is -2.52. The lowest BCUT2D eigenvalue weighted by atomic mass is 10.2. The van der Waals surface area contributed by atoms with Gasteiger partial charge in [-0.2, -0.15) is 13.2 Å². The highest BCUT2D eigenvalue weighted by Gasteiger charge is 2.32. The van der Waals surface area contributed by atoms with Gasteiger partial charge < -0.3 is 14.7 Å². The number of aromatic nitrogens is 1. The Bertz CT molecular complexity index is 574. The van der Waals surface area contributed by atoms with Gasteiger partial charge in [0.2, 0.25) is 5.91 Å². The molecular weight excluding hydrogens is 309 g/mol. The van der Waals surface area contributed by atoms with E-state index in [4.69, 9.17) is 0 Å². The third kappa shape index (κ3) is 4.57. The van der Waals surface area contributed by atoms with Crippen LogP contribution in [0.2, 0.25) is 0 Å². The van der Waals surface area contributed by atoms with E-state index in [1.165, 1.54) is 6.92 Å². The molecule has 0 spiro atoms. The van der Waals surface area contributed by atoms with Crippen LogP contribution < -0.4 is 4.90 Å². The first kappa shape index (κ1) is 17.5. The maximum absolute atomic E-state index is 12.9. The molecule has 23 heavy (non-hydrogen) atoms. The summed E-state index contributed by atoms with van der Waals surface area (Å²) in [6, 6.07) is 2.02. The largest absolute Gasteiger partial charge is 0.416 e. The molecule has 1 aliphatic heterocycles. The van der Waals surface area contributed by atoms with Crippen molar-refractivity contribution in [3.63, 3.8) is 0 Å². The molecule has 1 saturated heterocycles. The summed E-state index contributed by atoms with van der Waals surface area (Å²) in [7, 11) is 3.85. The Balaban J connectivity index is 2.10. The smallest absolute Gasteiger partial charge is 0.346 e. The Labute approximate surface area is 133 Å². The second kappa shape index (κ2) is 6.74. The third-order valence-electron chi connectivity index (χ3n) is 3.73. The number of hydrogen-bond acceptors (Lipinski definition) is 4. The molecule has 1 aromatic rings. The normalized spacial score (nSPS) is 16.4. The minimum atomic E-state index is -4.42. The van der Waals surface area contributed by atoms with Crippen molar-refractivity contribution >= 4 is 11.7 Å². The lowest BCUT2D eigenvalue weighted by Gasteiger charge is -2.35. The van der Waals surface area contributed by atoms with E-state index < -0.39 is 11.7 Å². The topological polar surface area (TPSA) is 39.7 Å². The molecule has 1 amide bonds. The number of carbonyl (C=O) groups excluding carboxylic acids is 1. The van der Waals surface area contributed by atoms with Crippen LogP contribution in [0.5, 0.6) is 0 Å². The van der Waals surface area contributed by atoms with Crippen LogP contribution in [0.3, 0.4) is 0 Å². The van der Waals surface area contributed by atoms with Gasteiger partial charge in [-0.3, -0.25) is 4.79 Å². The van der Waals surface area contributed by atoms with Crippen LogP contribution in [0.25, 0.3) is 0 Å². The monoisotopic (exact) mass is 330 g/mol. The maximum atomic E-state index is 12.9. The number of piperazine rings is 1. The predicted octanol–water partition coefficient (Wildman–Crippen LogP) is 1.62. The molecule has 1 fully saturated rings. The fraction of sp³-hybridized carbons (Fsp3) is 0.600. The van der Waals surface area contributed by atoms with E-state index in [1.54, 1.807) is 9.80 Å². The molecule has 0 aromatic carbocycles. The van der Waals surface area contributed by atoms with Gasteiger partial charge >= 0.3 is 6.18 Å². The Morgan fingerprint density at radius 3 is 2.52 bits per heavy atom. The highest BCUT2D eigenvalue weighted by molar-refractivity contribution is 5.82. The Hall–Kier alpha value is -1.83. The quantitative estimate of drug-likeness (QED) is 0.841. The molecule has 0 bridgehead atoms. The van der Waals surface area contributed by atoms with Gasteiger partial charge in [0.1, 0.15) is 5.82 Å². The number of carbonyl (C=O) groups is 1. The van der Waals surface area contributed by atoms with Gasteiger partial charge in [0.15, 0.2) is 0 Å². The van der Waals surface area contributed by atoms with Gasteiger partial charge in [-0.05, 0) is 33.2 Å². The van der Waals surface area contributed by atoms with Crippen molar-refractivity contribution in [2.75, 3.05) is 51.7 Å². The van der Waals surface area contributed by atoms with Gasteiger partial charge in [-0.25, -0.2) is 4.98 Å². The molecule has 5 nitrogen and oxygen atoms in total. The van der Waals surface area contributed by atoms with Crippen molar-refractivity contribution in [1.29, 1.82) is 0 Å². The molecule has 1 aliphatic rings. The van der Waals surface area contributed by atoms with Crippen LogP contribution >= 0.6 is 0 Å². The van der Waals surface area contributed by atoms with Crippen LogP contribution in [-0.4, -0.2) is 67.5 Å². The molecule has 2 rings (SSSR count). The lowest BCUT2D eigenvalue weighted by molar-refractivity contribution is -0.137.